The van der Waals surface area contributed by atoms with Crippen molar-refractivity contribution >= 4 is 57.7 Å². The van der Waals surface area contributed by atoms with Crippen molar-refractivity contribution in [3.8, 4) is 0 Å². The molecule has 0 unspecified atom stereocenters. The van der Waals surface area contributed by atoms with Crippen LogP contribution in [0.1, 0.15) is 76.0 Å². The zero-order valence-electron chi connectivity index (χ0n) is 32.3. The minimum Gasteiger partial charge on any atom is -0.361 e. The molecule has 6 amide bonds. The molecule has 2 bridgehead atoms. The van der Waals surface area contributed by atoms with Crippen LogP contribution in [0.4, 0.5) is 0 Å². The third kappa shape index (κ3) is 10.3. The van der Waals surface area contributed by atoms with E-state index >= 15 is 0 Å². The molecule has 4 aromatic rings. The van der Waals surface area contributed by atoms with Crippen LogP contribution < -0.4 is 16.0 Å². The average molecular weight is 772 g/mol. The Labute approximate surface area is 324 Å². The highest BCUT2D eigenvalue weighted by atomic mass is 32.1. The third-order valence-electron chi connectivity index (χ3n) is 9.33. The minimum absolute atomic E-state index is 0.0149. The maximum absolute atomic E-state index is 14.0. The first-order valence-electron chi connectivity index (χ1n) is 18.2. The lowest BCUT2D eigenvalue weighted by Gasteiger charge is -2.28. The van der Waals surface area contributed by atoms with Crippen LogP contribution in [0.5, 0.6) is 0 Å². The van der Waals surface area contributed by atoms with Crippen LogP contribution in [0.2, 0.25) is 0 Å². The highest BCUT2D eigenvalue weighted by Gasteiger charge is 2.31. The van der Waals surface area contributed by atoms with Crippen LogP contribution in [0.3, 0.4) is 0 Å². The first kappa shape index (κ1) is 40.5. The van der Waals surface area contributed by atoms with Crippen LogP contribution >= 0.6 is 11.3 Å². The van der Waals surface area contributed by atoms with Crippen molar-refractivity contribution in [2.24, 2.45) is 5.92 Å². The van der Waals surface area contributed by atoms with Crippen molar-refractivity contribution < 1.29 is 28.8 Å². The lowest BCUT2D eigenvalue weighted by molar-refractivity contribution is -0.138. The molecule has 292 valence electrons. The largest absolute Gasteiger partial charge is 0.361 e. The number of hydrogen-bond acceptors (Lipinski definition) is 9. The molecule has 5 rings (SSSR count). The predicted octanol–water partition coefficient (Wildman–Crippen LogP) is 2.76. The number of thiazole rings is 1. The summed E-state index contributed by atoms with van der Waals surface area (Å²) in [7, 11) is 3.01. The molecule has 0 radical (unpaired) electrons. The Bertz CT molecular complexity index is 2060. The molecule has 3 atom stereocenters. The normalized spacial score (nSPS) is 20.0. The van der Waals surface area contributed by atoms with Crippen molar-refractivity contribution in [3.63, 3.8) is 0 Å². The Balaban J connectivity index is 1.48. The van der Waals surface area contributed by atoms with E-state index in [2.05, 4.69) is 30.9 Å². The van der Waals surface area contributed by atoms with Gasteiger partial charge >= 0.3 is 0 Å². The van der Waals surface area contributed by atoms with Gasteiger partial charge in [0.15, 0.2) is 0 Å². The summed E-state index contributed by atoms with van der Waals surface area (Å²) in [5.74, 6) is -2.84. The predicted molar refractivity (Wildman–Crippen MR) is 208 cm³/mol. The number of rotatable bonds is 5. The van der Waals surface area contributed by atoms with E-state index in [1.807, 2.05) is 38.1 Å². The number of carbonyl (C=O) groups is 6. The van der Waals surface area contributed by atoms with E-state index in [-0.39, 0.29) is 44.2 Å². The molecule has 0 fully saturated rings. The summed E-state index contributed by atoms with van der Waals surface area (Å²) in [4.78, 5) is 98.1. The Morgan fingerprint density at radius 2 is 1.56 bits per heavy atom. The molecule has 0 spiro atoms. The fraction of sp³-hybridized carbons (Fsp3) is 0.436. The van der Waals surface area contributed by atoms with Gasteiger partial charge in [0.1, 0.15) is 22.8 Å². The number of benzene rings is 1. The van der Waals surface area contributed by atoms with Gasteiger partial charge in [-0.1, -0.05) is 32.0 Å². The number of fused-ring (bicyclic) bond motifs is 3. The highest BCUT2D eigenvalue weighted by Crippen LogP contribution is 2.26. The second-order valence-electron chi connectivity index (χ2n) is 14.5. The van der Waals surface area contributed by atoms with Crippen LogP contribution in [-0.4, -0.2) is 117 Å². The van der Waals surface area contributed by atoms with E-state index in [0.29, 0.717) is 28.4 Å². The molecule has 1 aliphatic heterocycles. The number of aromatic nitrogens is 3. The maximum atomic E-state index is 14.0. The molecule has 0 saturated carbocycles. The van der Waals surface area contributed by atoms with E-state index in [0.717, 1.165) is 16.5 Å². The first-order chi connectivity index (χ1) is 26.1. The van der Waals surface area contributed by atoms with Gasteiger partial charge < -0.3 is 35.6 Å². The number of likely N-dealkylation sites (N-methyl/N-ethyl adjacent to an activating group) is 2. The summed E-state index contributed by atoms with van der Waals surface area (Å²) >= 11 is 1.21. The van der Waals surface area contributed by atoms with Gasteiger partial charge in [-0.3, -0.25) is 33.8 Å². The number of carbonyl (C=O) groups excluding carboxylic acids is 6. The Morgan fingerprint density at radius 3 is 2.27 bits per heavy atom. The quantitative estimate of drug-likeness (QED) is 0.238. The van der Waals surface area contributed by atoms with Crippen LogP contribution in [0.25, 0.3) is 10.9 Å². The Morgan fingerprint density at radius 1 is 0.873 bits per heavy atom. The topological polar surface area (TPSA) is 190 Å². The molecule has 4 N–H and O–H groups in total. The van der Waals surface area contributed by atoms with Crippen LogP contribution in [0, 0.1) is 19.8 Å². The van der Waals surface area contributed by atoms with Crippen molar-refractivity contribution in [3.05, 3.63) is 81.2 Å². The highest BCUT2D eigenvalue weighted by molar-refractivity contribution is 7.09. The third-order valence-corrected chi connectivity index (χ3v) is 10.3. The van der Waals surface area contributed by atoms with Crippen molar-refractivity contribution in [2.75, 3.05) is 40.3 Å². The van der Waals surface area contributed by atoms with Crippen molar-refractivity contribution in [2.45, 2.75) is 65.6 Å². The number of nitrogens with one attached hydrogen (secondary N) is 4. The summed E-state index contributed by atoms with van der Waals surface area (Å²) in [6.45, 7) is 8.48. The van der Waals surface area contributed by atoms with Crippen LogP contribution in [0.15, 0.2) is 48.0 Å². The number of hydrogen-bond donors (Lipinski definition) is 4. The molecule has 1 aromatic carbocycles. The number of aryl methyl sites for hydroxylation is 2. The number of H-pyrrole nitrogens is 1. The standard InChI is InChI=1S/C39H49N9O6S/c1-22(2)14-30-36-45-32(21-55-36)35(51)44-31(17-27-18-40-29-11-9-8-10-28(27)29)39(54)47(7)19-33(49)42-25(5)37(52)46(6)12-13-48(20-34(50)43-30)38(53)26-15-23(3)41-24(4)16-26/h8-11,15-16,18,21-22,25,30-31,40H,12-14,17,19-20H2,1-7H3,(H,42,49)(H,43,50)(H,44,51)/t25-,30-,31+/m0/s1. The smallest absolute Gasteiger partial charge is 0.271 e. The van der Waals surface area contributed by atoms with Crippen LogP contribution in [-0.2, 0) is 25.6 Å². The molecular formula is C39H49N9O6S. The second-order valence-corrected chi connectivity index (χ2v) is 15.4. The minimum atomic E-state index is -1.07. The van der Waals surface area contributed by atoms with E-state index in [4.69, 9.17) is 0 Å². The van der Waals surface area contributed by atoms with Gasteiger partial charge in [0.25, 0.3) is 11.8 Å². The average Bonchev–Trinajstić information content (AvgIpc) is 3.79. The lowest BCUT2D eigenvalue weighted by Crippen LogP contribution is -2.53. The van der Waals surface area contributed by atoms with Crippen molar-refractivity contribution in [1.29, 1.82) is 0 Å². The molecule has 1 aliphatic rings. The molecule has 4 heterocycles. The summed E-state index contributed by atoms with van der Waals surface area (Å²) in [6, 6.07) is 8.28. The molecule has 3 aromatic heterocycles. The van der Waals surface area contributed by atoms with Gasteiger partial charge in [0.2, 0.25) is 23.6 Å². The molecular weight excluding hydrogens is 723 g/mol. The van der Waals surface area contributed by atoms with Gasteiger partial charge in [-0.05, 0) is 56.9 Å². The summed E-state index contributed by atoms with van der Waals surface area (Å²) in [5, 5.41) is 11.5. The fourth-order valence-electron chi connectivity index (χ4n) is 6.62. The second kappa shape index (κ2) is 17.7. The zero-order valence-corrected chi connectivity index (χ0v) is 33.1. The number of pyridine rings is 1. The van der Waals surface area contributed by atoms with E-state index in [1.54, 1.807) is 44.6 Å². The fourth-order valence-corrected chi connectivity index (χ4v) is 7.49. The molecule has 55 heavy (non-hydrogen) atoms. The van der Waals surface area contributed by atoms with E-state index in [9.17, 15) is 28.8 Å². The molecule has 0 aliphatic carbocycles. The van der Waals surface area contributed by atoms with Gasteiger partial charge in [-0.2, -0.15) is 0 Å². The Kier molecular flexibility index (Phi) is 13.0. The monoisotopic (exact) mass is 771 g/mol. The first-order valence-corrected chi connectivity index (χ1v) is 19.1. The molecule has 16 heteroatoms. The number of para-hydroxylation sites is 1. The molecule has 15 nitrogen and oxygen atoms in total. The van der Waals surface area contributed by atoms with Crippen molar-refractivity contribution in [1.82, 2.24) is 45.6 Å². The number of amides is 6. The Hall–Kier alpha value is -5.64. The van der Waals surface area contributed by atoms with E-state index in [1.165, 1.54) is 40.0 Å². The van der Waals surface area contributed by atoms with Gasteiger partial charge in [-0.25, -0.2) is 4.98 Å². The SMILES string of the molecule is Cc1cc(C(=O)N2CCN(C)C(=O)[C@H](C)NC(=O)CN(C)C(=O)[C@@H](Cc3c[nH]c4ccccc34)NC(=O)c3csc(n3)[C@H](CC(C)C)NC(=O)C2)cc(C)n1. The number of nitrogens with zero attached hydrogens (tertiary/aromatic N) is 5. The van der Waals surface area contributed by atoms with Gasteiger partial charge in [0.05, 0.1) is 19.1 Å². The maximum Gasteiger partial charge on any atom is 0.271 e. The summed E-state index contributed by atoms with van der Waals surface area (Å²) in [5.41, 5.74) is 3.38. The summed E-state index contributed by atoms with van der Waals surface area (Å²) < 4.78 is 0. The van der Waals surface area contributed by atoms with Gasteiger partial charge in [0, 0.05) is 73.0 Å². The zero-order chi connectivity index (χ0) is 40.0. The van der Waals surface area contributed by atoms with E-state index < -0.39 is 53.6 Å². The molecule has 0 saturated heterocycles. The lowest BCUT2D eigenvalue weighted by atomic mass is 10.0. The number of aromatic amines is 1. The van der Waals surface area contributed by atoms with Gasteiger partial charge in [-0.15, -0.1) is 11.3 Å². The summed E-state index contributed by atoms with van der Waals surface area (Å²) in [6.07, 6.45) is 2.41.